The van der Waals surface area contributed by atoms with E-state index in [1.807, 2.05) is 0 Å². The van der Waals surface area contributed by atoms with Gasteiger partial charge in [0.15, 0.2) is 0 Å². The highest BCUT2D eigenvalue weighted by atomic mass is 19.4. The largest absolute Gasteiger partial charge is 0.416 e. The molecule has 4 nitrogen and oxygen atoms in total. The summed E-state index contributed by atoms with van der Waals surface area (Å²) in [4.78, 5) is 12.6. The lowest BCUT2D eigenvalue weighted by Crippen LogP contribution is -2.33. The first-order chi connectivity index (χ1) is 8.79. The van der Waals surface area contributed by atoms with Gasteiger partial charge in [-0.05, 0) is 18.2 Å². The van der Waals surface area contributed by atoms with Crippen LogP contribution in [0.2, 0.25) is 0 Å². The van der Waals surface area contributed by atoms with Gasteiger partial charge in [0.1, 0.15) is 6.07 Å². The van der Waals surface area contributed by atoms with Gasteiger partial charge in [0, 0.05) is 14.1 Å². The molecule has 7 heteroatoms. The van der Waals surface area contributed by atoms with E-state index in [0.29, 0.717) is 0 Å². The van der Waals surface area contributed by atoms with E-state index in [2.05, 4.69) is 5.32 Å². The maximum Gasteiger partial charge on any atom is 0.416 e. The first-order valence-corrected chi connectivity index (χ1v) is 5.32. The molecule has 0 radical (unpaired) electrons. The number of alkyl halides is 3. The van der Waals surface area contributed by atoms with Crippen LogP contribution in [0.15, 0.2) is 18.2 Å². The number of hydrogen-bond acceptors (Lipinski definition) is 3. The van der Waals surface area contributed by atoms with E-state index in [9.17, 15) is 18.0 Å². The number of benzene rings is 1. The molecule has 1 amide bonds. The third-order valence-corrected chi connectivity index (χ3v) is 2.52. The zero-order chi connectivity index (χ0) is 14.6. The number of carbonyl (C=O) groups is 1. The molecule has 1 aromatic carbocycles. The van der Waals surface area contributed by atoms with E-state index in [0.717, 1.165) is 12.1 Å². The SMILES string of the molecule is CNC(=O)CN(C)c1ccc(C(F)(F)F)cc1C#N. The molecule has 0 aliphatic rings. The predicted octanol–water partition coefficient (Wildman–Crippen LogP) is 1.76. The second-order valence-electron chi connectivity index (χ2n) is 3.87. The number of halogens is 3. The quantitative estimate of drug-likeness (QED) is 0.911. The lowest BCUT2D eigenvalue weighted by molar-refractivity contribution is -0.137. The molecule has 0 heterocycles. The van der Waals surface area contributed by atoms with Crippen LogP contribution in [0.1, 0.15) is 11.1 Å². The topological polar surface area (TPSA) is 56.1 Å². The van der Waals surface area contributed by atoms with Crippen molar-refractivity contribution in [3.8, 4) is 6.07 Å². The first kappa shape index (κ1) is 14.8. The third kappa shape index (κ3) is 3.61. The van der Waals surface area contributed by atoms with Gasteiger partial charge in [-0.25, -0.2) is 0 Å². The molecule has 0 saturated heterocycles. The molecule has 1 aromatic rings. The van der Waals surface area contributed by atoms with Gasteiger partial charge >= 0.3 is 6.18 Å². The van der Waals surface area contributed by atoms with Crippen molar-refractivity contribution in [3.05, 3.63) is 29.3 Å². The number of nitrogens with one attached hydrogen (secondary N) is 1. The molecule has 0 aliphatic heterocycles. The number of nitriles is 1. The Morgan fingerprint density at radius 1 is 1.47 bits per heavy atom. The minimum Gasteiger partial charge on any atom is -0.364 e. The fourth-order valence-corrected chi connectivity index (χ4v) is 1.51. The Morgan fingerprint density at radius 2 is 2.11 bits per heavy atom. The summed E-state index contributed by atoms with van der Waals surface area (Å²) >= 11 is 0. The van der Waals surface area contributed by atoms with Gasteiger partial charge in [0.05, 0.1) is 23.4 Å². The first-order valence-electron chi connectivity index (χ1n) is 5.32. The smallest absolute Gasteiger partial charge is 0.364 e. The van der Waals surface area contributed by atoms with Crippen LogP contribution in [0.4, 0.5) is 18.9 Å². The number of anilines is 1. The Hall–Kier alpha value is -2.23. The monoisotopic (exact) mass is 271 g/mol. The molecule has 19 heavy (non-hydrogen) atoms. The van der Waals surface area contributed by atoms with Gasteiger partial charge in [-0.1, -0.05) is 0 Å². The van der Waals surface area contributed by atoms with Crippen LogP contribution in [0.25, 0.3) is 0 Å². The molecule has 1 rings (SSSR count). The molecule has 1 N–H and O–H groups in total. The van der Waals surface area contributed by atoms with Gasteiger partial charge in [-0.15, -0.1) is 0 Å². The van der Waals surface area contributed by atoms with Gasteiger partial charge in [-0.3, -0.25) is 4.79 Å². The van der Waals surface area contributed by atoms with Crippen LogP contribution >= 0.6 is 0 Å². The number of hydrogen-bond donors (Lipinski definition) is 1. The number of amides is 1. The average Bonchev–Trinajstić information content (AvgIpc) is 2.36. The van der Waals surface area contributed by atoms with E-state index in [1.54, 1.807) is 6.07 Å². The van der Waals surface area contributed by atoms with Crippen molar-refractivity contribution in [3.63, 3.8) is 0 Å². The standard InChI is InChI=1S/C12H12F3N3O/c1-17-11(19)7-18(2)10-4-3-9(12(13,14)15)5-8(10)6-16/h3-5H,7H2,1-2H3,(H,17,19). The Bertz CT molecular complexity index is 520. The summed E-state index contributed by atoms with van der Waals surface area (Å²) in [5.41, 5.74) is -0.735. The number of nitrogens with zero attached hydrogens (tertiary/aromatic N) is 2. The molecule has 0 fully saturated rings. The van der Waals surface area contributed by atoms with Crippen molar-refractivity contribution < 1.29 is 18.0 Å². The van der Waals surface area contributed by atoms with Gasteiger partial charge in [0.2, 0.25) is 5.91 Å². The highest BCUT2D eigenvalue weighted by molar-refractivity contribution is 5.81. The summed E-state index contributed by atoms with van der Waals surface area (Å²) in [6.45, 7) is -0.0451. The van der Waals surface area contributed by atoms with Crippen LogP contribution < -0.4 is 10.2 Å². The second-order valence-corrected chi connectivity index (χ2v) is 3.87. The van der Waals surface area contributed by atoms with E-state index in [1.165, 1.54) is 25.1 Å². The number of likely N-dealkylation sites (N-methyl/N-ethyl adjacent to an activating group) is 2. The molecule has 0 unspecified atom stereocenters. The zero-order valence-corrected chi connectivity index (χ0v) is 10.4. The van der Waals surface area contributed by atoms with Crippen LogP contribution in [0, 0.1) is 11.3 Å². The van der Waals surface area contributed by atoms with Crippen molar-refractivity contribution in [2.75, 3.05) is 25.5 Å². The third-order valence-electron chi connectivity index (χ3n) is 2.52. The van der Waals surface area contributed by atoms with E-state index >= 15 is 0 Å². The Labute approximate surface area is 108 Å². The highest BCUT2D eigenvalue weighted by Crippen LogP contribution is 2.32. The molecule has 0 aliphatic carbocycles. The van der Waals surface area contributed by atoms with Crippen molar-refractivity contribution >= 4 is 11.6 Å². The molecule has 0 aromatic heterocycles. The Kier molecular flexibility index (Phi) is 4.38. The van der Waals surface area contributed by atoms with Gasteiger partial charge < -0.3 is 10.2 Å². The summed E-state index contributed by atoms with van der Waals surface area (Å²) in [6, 6.07) is 4.55. The Morgan fingerprint density at radius 3 is 2.58 bits per heavy atom. The van der Waals surface area contributed by atoms with Gasteiger partial charge in [0.25, 0.3) is 0 Å². The Balaban J connectivity index is 3.10. The molecular weight excluding hydrogens is 259 g/mol. The van der Waals surface area contributed by atoms with Crippen molar-refractivity contribution in [2.45, 2.75) is 6.18 Å². The molecule has 0 bridgehead atoms. The fourth-order valence-electron chi connectivity index (χ4n) is 1.51. The zero-order valence-electron chi connectivity index (χ0n) is 10.4. The van der Waals surface area contributed by atoms with E-state index < -0.39 is 11.7 Å². The van der Waals surface area contributed by atoms with Crippen molar-refractivity contribution in [2.24, 2.45) is 0 Å². The van der Waals surface area contributed by atoms with Crippen molar-refractivity contribution in [1.82, 2.24) is 5.32 Å². The molecule has 0 spiro atoms. The lowest BCUT2D eigenvalue weighted by atomic mass is 10.1. The van der Waals surface area contributed by atoms with E-state index in [-0.39, 0.29) is 23.7 Å². The van der Waals surface area contributed by atoms with Crippen LogP contribution in [-0.4, -0.2) is 26.5 Å². The maximum atomic E-state index is 12.5. The highest BCUT2D eigenvalue weighted by Gasteiger charge is 2.31. The number of carbonyl (C=O) groups excluding carboxylic acids is 1. The average molecular weight is 271 g/mol. The maximum absolute atomic E-state index is 12.5. The summed E-state index contributed by atoms with van der Waals surface area (Å²) in [5, 5.41) is 11.3. The summed E-state index contributed by atoms with van der Waals surface area (Å²) in [5.74, 6) is -0.300. The molecule has 102 valence electrons. The van der Waals surface area contributed by atoms with Crippen LogP contribution in [-0.2, 0) is 11.0 Å². The van der Waals surface area contributed by atoms with Crippen molar-refractivity contribution in [1.29, 1.82) is 5.26 Å². The summed E-state index contributed by atoms with van der Waals surface area (Å²) < 4.78 is 37.5. The van der Waals surface area contributed by atoms with Crippen LogP contribution in [0.3, 0.4) is 0 Å². The predicted molar refractivity (Wildman–Crippen MR) is 63.5 cm³/mol. The van der Waals surface area contributed by atoms with Gasteiger partial charge in [-0.2, -0.15) is 18.4 Å². The normalized spacial score (nSPS) is 10.7. The lowest BCUT2D eigenvalue weighted by Gasteiger charge is -2.20. The fraction of sp³-hybridized carbons (Fsp3) is 0.333. The van der Waals surface area contributed by atoms with E-state index in [4.69, 9.17) is 5.26 Å². The summed E-state index contributed by atoms with van der Waals surface area (Å²) in [6.07, 6.45) is -4.50. The minimum absolute atomic E-state index is 0.0451. The molecule has 0 atom stereocenters. The van der Waals surface area contributed by atoms with Crippen LogP contribution in [0.5, 0.6) is 0 Å². The molecular formula is C12H12F3N3O. The summed E-state index contributed by atoms with van der Waals surface area (Å²) in [7, 11) is 2.98. The molecule has 0 saturated carbocycles. The second kappa shape index (κ2) is 5.61. The minimum atomic E-state index is -4.50. The number of rotatable bonds is 3.